The molecule has 1 atom stereocenters. The number of carbonyl (C=O) groups excluding carboxylic acids is 3. The zero-order valence-electron chi connectivity index (χ0n) is 56.8. The molecule has 0 saturated carbocycles. The largest absolute Gasteiger partial charge is 0.493 e. The van der Waals surface area contributed by atoms with Crippen molar-refractivity contribution in [1.82, 2.24) is 24.1 Å². The Morgan fingerprint density at radius 2 is 1.40 bits per heavy atom. The maximum Gasteiger partial charge on any atom is 0.400 e. The molecule has 0 aliphatic carbocycles. The summed E-state index contributed by atoms with van der Waals surface area (Å²) in [6.45, 7) is 19.1. The number of carbonyl (C=O) groups is 4. The Morgan fingerprint density at radius 3 is 1.96 bits per heavy atom. The van der Waals surface area contributed by atoms with Gasteiger partial charge in [-0.25, -0.2) is 32.1 Å². The van der Waals surface area contributed by atoms with E-state index >= 15 is 0 Å². The van der Waals surface area contributed by atoms with Crippen LogP contribution in [0.5, 0.6) is 29.3 Å². The molecule has 6 aromatic carbocycles. The molecular formula is C73H78ClN7O17S. The molecule has 0 amide bonds. The van der Waals surface area contributed by atoms with Crippen molar-refractivity contribution >= 4 is 67.7 Å². The molecule has 0 saturated heterocycles. The number of esters is 2. The molecule has 0 unspecified atom stereocenters. The van der Waals surface area contributed by atoms with Crippen LogP contribution < -0.4 is 19.8 Å². The summed E-state index contributed by atoms with van der Waals surface area (Å²) in [5.74, 6) is -1.24. The Balaban J connectivity index is 0.000000155. The number of sulfone groups is 1. The van der Waals surface area contributed by atoms with Crippen LogP contribution in [-0.2, 0) is 81.9 Å². The van der Waals surface area contributed by atoms with Crippen molar-refractivity contribution in [3.8, 4) is 40.5 Å². The number of hydrogen-bond acceptors (Lipinski definition) is 20. The monoisotopic (exact) mass is 1390 g/mol. The molecule has 0 radical (unpaired) electrons. The number of aromatic nitrogens is 5. The second-order valence-electron chi connectivity index (χ2n) is 24.3. The first kappa shape index (κ1) is 72.9. The summed E-state index contributed by atoms with van der Waals surface area (Å²) in [5.41, 5.74) is 8.29. The van der Waals surface area contributed by atoms with Gasteiger partial charge in [0.05, 0.1) is 61.5 Å². The summed E-state index contributed by atoms with van der Waals surface area (Å²) in [5, 5.41) is 31.1. The number of ether oxygens (including phenoxy) is 5. The van der Waals surface area contributed by atoms with E-state index in [-0.39, 0.29) is 39.5 Å². The van der Waals surface area contributed by atoms with Crippen molar-refractivity contribution < 1.29 is 75.6 Å². The number of aliphatic carboxylic acids is 1. The number of carboxylic acids is 1. The fourth-order valence-electron chi connectivity index (χ4n) is 11.1. The third-order valence-electron chi connectivity index (χ3n) is 16.2. The van der Waals surface area contributed by atoms with E-state index in [1.54, 1.807) is 65.7 Å². The number of nitrogens with zero attached hydrogens (tertiary/aromatic N) is 7. The molecule has 6 heterocycles. The van der Waals surface area contributed by atoms with Crippen LogP contribution in [0.2, 0.25) is 5.02 Å². The van der Waals surface area contributed by atoms with E-state index in [2.05, 4.69) is 53.3 Å². The quantitative estimate of drug-likeness (QED) is 0.0632. The normalized spacial score (nSPS) is 14.1. The summed E-state index contributed by atoms with van der Waals surface area (Å²) >= 11 is 5.88. The lowest BCUT2D eigenvalue weighted by molar-refractivity contribution is -0.144. The summed E-state index contributed by atoms with van der Waals surface area (Å²) in [6, 6.07) is 38.3. The smallest absolute Gasteiger partial charge is 0.400 e. The number of ketones is 1. The van der Waals surface area contributed by atoms with E-state index in [0.717, 1.165) is 46.9 Å². The maximum absolute atomic E-state index is 13.5. The standard InChI is InChI=1S/C23H32N2O4.C18H17NO3.C16H12ClNO5.C16H17N3O5S/c1-7-16-13-15(3)14-17(8-2)18(16)19-20(26)24-9-11-28-12-10-25(24)21(19)29-22(27)23(4,5)6;1-2-21-17(20)16-13-18(22-19-16,14-9-5-3-6-10-14)15-11-7-4-8-12-15;1-9(15(19)20)21-11-3-5-12(6-4-11)22-16-18-13-7-2-10(17)8-14(13)23-16;1-9-10(15(20)11-8-17-19(2)16(11)21)4-5-13(25(3,22)23)14(9)12-6-7-24-18-12/h13-14H,7-12H2,1-6H3;3-12H,2,13H2,1H3;2-9H,1H3,(H,19,20);4-5,8,21H,6-7H2,1-3H3/t;;9-;/m..1./s1. The van der Waals surface area contributed by atoms with E-state index < -0.39 is 44.7 Å². The number of oxazole rings is 1. The second-order valence-corrected chi connectivity index (χ2v) is 26.8. The molecule has 0 fully saturated rings. The number of aromatic hydroxyl groups is 1. The summed E-state index contributed by atoms with van der Waals surface area (Å²) in [6.07, 6.45) is 3.96. The summed E-state index contributed by atoms with van der Waals surface area (Å²) in [4.78, 5) is 76.9. The Bertz CT molecular complexity index is 4620. The van der Waals surface area contributed by atoms with E-state index in [0.29, 0.717) is 114 Å². The van der Waals surface area contributed by atoms with Gasteiger partial charge in [-0.1, -0.05) is 114 Å². The van der Waals surface area contributed by atoms with Crippen molar-refractivity contribution in [2.75, 3.05) is 32.7 Å². The van der Waals surface area contributed by atoms with E-state index in [9.17, 15) is 37.5 Å². The molecule has 26 heteroatoms. The molecule has 0 spiro atoms. The number of benzene rings is 6. The van der Waals surface area contributed by atoms with Crippen molar-refractivity contribution in [1.29, 1.82) is 0 Å². The van der Waals surface area contributed by atoms with Crippen LogP contribution in [0.1, 0.15) is 116 Å². The molecule has 3 aliphatic heterocycles. The van der Waals surface area contributed by atoms with Gasteiger partial charge in [-0.15, -0.1) is 0 Å². The predicted octanol–water partition coefficient (Wildman–Crippen LogP) is 12.3. The topological polar surface area (TPSA) is 303 Å². The van der Waals surface area contributed by atoms with Gasteiger partial charge >= 0.3 is 24.0 Å². The molecule has 24 nitrogen and oxygen atoms in total. The lowest BCUT2D eigenvalue weighted by Crippen LogP contribution is -2.29. The minimum atomic E-state index is -3.52. The lowest BCUT2D eigenvalue weighted by atomic mass is 9.82. The molecule has 2 N–H and O–H groups in total. The number of halogens is 1. The van der Waals surface area contributed by atoms with Crippen molar-refractivity contribution in [2.45, 2.75) is 118 Å². The average molecular weight is 1390 g/mol. The molecule has 12 rings (SSSR count). The molecule has 3 aliphatic rings. The number of rotatable bonds is 17. The Kier molecular flexibility index (Phi) is 23.1. The number of carboxylic acid groups (broad SMARTS) is 1. The summed E-state index contributed by atoms with van der Waals surface area (Å²) in [7, 11) is -2.00. The second kappa shape index (κ2) is 31.4. The van der Waals surface area contributed by atoms with Crippen molar-refractivity contribution in [3.05, 3.63) is 199 Å². The first-order chi connectivity index (χ1) is 47.2. The third kappa shape index (κ3) is 16.8. The molecule has 0 bridgehead atoms. The van der Waals surface area contributed by atoms with Gasteiger partial charge < -0.3 is 48.0 Å². The highest BCUT2D eigenvalue weighted by Crippen LogP contribution is 2.42. The number of aryl methyl sites for hydroxylation is 4. The highest BCUT2D eigenvalue weighted by atomic mass is 35.5. The highest BCUT2D eigenvalue weighted by molar-refractivity contribution is 7.90. The number of fused-ring (bicyclic) bond motifs is 2. The lowest BCUT2D eigenvalue weighted by Gasteiger charge is -2.27. The van der Waals surface area contributed by atoms with Crippen LogP contribution in [0.3, 0.4) is 0 Å². The van der Waals surface area contributed by atoms with Gasteiger partial charge in [0.25, 0.3) is 5.56 Å². The number of hydrogen-bond donors (Lipinski definition) is 2. The van der Waals surface area contributed by atoms with Crippen LogP contribution in [-0.4, -0.2) is 117 Å². The first-order valence-corrected chi connectivity index (χ1v) is 34.3. The molecular weight excluding hydrogens is 1310 g/mol. The molecule has 3 aromatic heterocycles. The fourth-order valence-corrected chi connectivity index (χ4v) is 12.2. The number of oxime groups is 2. The SMILES string of the molecule is CCOC(=O)C1=NOC(c2ccccc2)(c2ccccc2)C1.CCc1cc(C)cc(CC)c1-c1c(OC(=O)C(C)(C)C)n2n(c1=O)CCOCC2.C[C@@H](Oc1ccc(Oc2nc3ccc(Cl)cc3o2)cc1)C(=O)O.Cc1c(C(=O)c2cnn(C)c2O)ccc(S(C)(=O)=O)c1C1=NOCC1. The van der Waals surface area contributed by atoms with E-state index in [4.69, 9.17) is 54.5 Å². The highest BCUT2D eigenvalue weighted by Gasteiger charge is 2.45. The van der Waals surface area contributed by atoms with E-state index in [1.807, 2.05) is 81.4 Å². The van der Waals surface area contributed by atoms with Gasteiger partial charge in [0.1, 0.15) is 34.7 Å². The maximum atomic E-state index is 13.5. The molecule has 9 aromatic rings. The minimum absolute atomic E-state index is 0.0493. The third-order valence-corrected chi connectivity index (χ3v) is 17.6. The average Bonchev–Trinajstić information content (AvgIpc) is 1.67. The predicted molar refractivity (Wildman–Crippen MR) is 370 cm³/mol. The van der Waals surface area contributed by atoms with Crippen molar-refractivity contribution in [2.24, 2.45) is 22.8 Å². The van der Waals surface area contributed by atoms with Crippen LogP contribution in [0.15, 0.2) is 158 Å². The van der Waals surface area contributed by atoms with Gasteiger partial charge in [-0.05, 0) is 132 Å². The van der Waals surface area contributed by atoms with Gasteiger partial charge in [-0.2, -0.15) is 10.1 Å². The Morgan fingerprint density at radius 1 is 0.778 bits per heavy atom. The Labute approximate surface area is 577 Å². The van der Waals surface area contributed by atoms with E-state index in [1.165, 1.54) is 42.5 Å². The Hall–Kier alpha value is -10.4. The van der Waals surface area contributed by atoms with Crippen LogP contribution >= 0.6 is 11.6 Å². The minimum Gasteiger partial charge on any atom is -0.493 e. The van der Waals surface area contributed by atoms with Crippen molar-refractivity contribution in [3.63, 3.8) is 0 Å². The summed E-state index contributed by atoms with van der Waals surface area (Å²) < 4.78 is 61.6. The van der Waals surface area contributed by atoms with Crippen LogP contribution in [0.4, 0.5) is 0 Å². The van der Waals surface area contributed by atoms with Gasteiger partial charge in [0, 0.05) is 53.1 Å². The van der Waals surface area contributed by atoms with Gasteiger partial charge in [0.2, 0.25) is 11.8 Å². The van der Waals surface area contributed by atoms with Gasteiger partial charge in [0.15, 0.2) is 38.6 Å². The molecule has 520 valence electrons. The fraction of sp³-hybridized carbons (Fsp3) is 0.329. The first-order valence-electron chi connectivity index (χ1n) is 32.0. The molecule has 99 heavy (non-hydrogen) atoms. The zero-order chi connectivity index (χ0) is 71.5. The van der Waals surface area contributed by atoms with Gasteiger partial charge in [-0.3, -0.25) is 14.4 Å². The van der Waals surface area contributed by atoms with Crippen LogP contribution in [0.25, 0.3) is 22.2 Å². The zero-order valence-corrected chi connectivity index (χ0v) is 58.4. The van der Waals surface area contributed by atoms with Crippen LogP contribution in [0, 0.1) is 19.3 Å².